The molecule has 8 heteroatoms. The number of benzene rings is 1. The summed E-state index contributed by atoms with van der Waals surface area (Å²) in [7, 11) is 0. The quantitative estimate of drug-likeness (QED) is 0.469. The Balaban J connectivity index is 1.38. The fourth-order valence-electron chi connectivity index (χ4n) is 2.66. The number of carbonyl (C=O) groups excluding carboxylic acids is 3. The lowest BCUT2D eigenvalue weighted by molar-refractivity contribution is -0.153. The van der Waals surface area contributed by atoms with Gasteiger partial charge >= 0.3 is 5.97 Å². The van der Waals surface area contributed by atoms with E-state index in [0.717, 1.165) is 6.42 Å². The topological polar surface area (TPSA) is 103 Å². The van der Waals surface area contributed by atoms with E-state index in [1.54, 1.807) is 24.3 Å². The van der Waals surface area contributed by atoms with Crippen LogP contribution < -0.4 is 20.3 Å². The first-order valence-electron chi connectivity index (χ1n) is 8.42. The SMILES string of the molecule is O=C(COC(=O)[C@H]1CC=CCC1)NNC(=O)[C@H]1COc2ccccc2O1. The summed E-state index contributed by atoms with van der Waals surface area (Å²) in [5.41, 5.74) is 4.44. The van der Waals surface area contributed by atoms with E-state index in [9.17, 15) is 14.4 Å². The van der Waals surface area contributed by atoms with E-state index in [4.69, 9.17) is 14.2 Å². The molecule has 138 valence electrons. The van der Waals surface area contributed by atoms with Gasteiger partial charge in [-0.3, -0.25) is 25.2 Å². The van der Waals surface area contributed by atoms with Gasteiger partial charge in [0.25, 0.3) is 11.8 Å². The maximum atomic E-state index is 12.1. The number of fused-ring (bicyclic) bond motifs is 1. The number of ether oxygens (including phenoxy) is 3. The molecule has 8 nitrogen and oxygen atoms in total. The molecule has 0 radical (unpaired) electrons. The van der Waals surface area contributed by atoms with Crippen LogP contribution in [0.25, 0.3) is 0 Å². The predicted molar refractivity (Wildman–Crippen MR) is 90.1 cm³/mol. The third-order valence-electron chi connectivity index (χ3n) is 4.07. The largest absolute Gasteiger partial charge is 0.485 e. The first-order valence-corrected chi connectivity index (χ1v) is 8.42. The molecule has 2 aliphatic rings. The number of hydrogen-bond acceptors (Lipinski definition) is 6. The number of nitrogens with one attached hydrogen (secondary N) is 2. The molecule has 1 aromatic carbocycles. The lowest BCUT2D eigenvalue weighted by atomic mass is 9.95. The van der Waals surface area contributed by atoms with Crippen LogP contribution in [-0.4, -0.2) is 37.1 Å². The number of hydrazine groups is 1. The Hall–Kier alpha value is -3.03. The van der Waals surface area contributed by atoms with Crippen molar-refractivity contribution in [3.8, 4) is 11.5 Å². The second kappa shape index (κ2) is 8.37. The average Bonchev–Trinajstić information content (AvgIpc) is 2.70. The van der Waals surface area contributed by atoms with Gasteiger partial charge < -0.3 is 14.2 Å². The fraction of sp³-hybridized carbons (Fsp3) is 0.389. The molecule has 1 heterocycles. The van der Waals surface area contributed by atoms with E-state index >= 15 is 0 Å². The van der Waals surface area contributed by atoms with Crippen molar-refractivity contribution in [1.82, 2.24) is 10.9 Å². The number of rotatable bonds is 4. The van der Waals surface area contributed by atoms with E-state index in [1.807, 2.05) is 12.2 Å². The van der Waals surface area contributed by atoms with Crippen molar-refractivity contribution in [2.75, 3.05) is 13.2 Å². The Labute approximate surface area is 150 Å². The van der Waals surface area contributed by atoms with Crippen LogP contribution in [0.5, 0.6) is 11.5 Å². The molecule has 1 aromatic rings. The number of allylic oxidation sites excluding steroid dienone is 2. The summed E-state index contributed by atoms with van der Waals surface area (Å²) in [6.07, 6.45) is 5.23. The van der Waals surface area contributed by atoms with Crippen LogP contribution in [0.3, 0.4) is 0 Å². The van der Waals surface area contributed by atoms with Crippen LogP contribution in [0, 0.1) is 5.92 Å². The lowest BCUT2D eigenvalue weighted by Gasteiger charge is -2.25. The van der Waals surface area contributed by atoms with Gasteiger partial charge in [-0.15, -0.1) is 0 Å². The third-order valence-corrected chi connectivity index (χ3v) is 4.07. The Morgan fingerprint density at radius 3 is 2.69 bits per heavy atom. The molecule has 0 spiro atoms. The summed E-state index contributed by atoms with van der Waals surface area (Å²) >= 11 is 0. The van der Waals surface area contributed by atoms with Gasteiger partial charge in [0.1, 0.15) is 6.61 Å². The summed E-state index contributed by atoms with van der Waals surface area (Å²) in [6.45, 7) is -0.424. The highest BCUT2D eigenvalue weighted by molar-refractivity contribution is 5.86. The van der Waals surface area contributed by atoms with Crippen LogP contribution in [0.15, 0.2) is 36.4 Å². The second-order valence-corrected chi connectivity index (χ2v) is 5.99. The zero-order chi connectivity index (χ0) is 18.4. The van der Waals surface area contributed by atoms with Crippen molar-refractivity contribution >= 4 is 17.8 Å². The maximum absolute atomic E-state index is 12.1. The van der Waals surface area contributed by atoms with Gasteiger partial charge in [-0.2, -0.15) is 0 Å². The van der Waals surface area contributed by atoms with E-state index in [1.165, 1.54) is 0 Å². The highest BCUT2D eigenvalue weighted by Crippen LogP contribution is 2.30. The summed E-state index contributed by atoms with van der Waals surface area (Å²) in [6, 6.07) is 6.99. The first kappa shape index (κ1) is 17.8. The molecule has 2 amide bonds. The van der Waals surface area contributed by atoms with Gasteiger partial charge in [0.15, 0.2) is 18.1 Å². The summed E-state index contributed by atoms with van der Waals surface area (Å²) in [5, 5.41) is 0. The number of carbonyl (C=O) groups is 3. The van der Waals surface area contributed by atoms with Crippen molar-refractivity contribution < 1.29 is 28.6 Å². The van der Waals surface area contributed by atoms with Crippen LogP contribution >= 0.6 is 0 Å². The van der Waals surface area contributed by atoms with Crippen LogP contribution in [0.1, 0.15) is 19.3 Å². The molecule has 1 aliphatic heterocycles. The molecule has 0 fully saturated rings. The Morgan fingerprint density at radius 2 is 1.92 bits per heavy atom. The zero-order valence-corrected chi connectivity index (χ0v) is 14.1. The van der Waals surface area contributed by atoms with Gasteiger partial charge in [0.05, 0.1) is 5.92 Å². The van der Waals surface area contributed by atoms with Gasteiger partial charge in [0, 0.05) is 0 Å². The highest BCUT2D eigenvalue weighted by atomic mass is 16.6. The minimum atomic E-state index is -0.887. The van der Waals surface area contributed by atoms with Gasteiger partial charge in [-0.25, -0.2) is 0 Å². The Bertz CT molecular complexity index is 717. The molecular weight excluding hydrogens is 340 g/mol. The molecule has 0 unspecified atom stereocenters. The Morgan fingerprint density at radius 1 is 1.12 bits per heavy atom. The molecule has 26 heavy (non-hydrogen) atoms. The first-order chi connectivity index (χ1) is 12.6. The molecule has 0 bridgehead atoms. The molecular formula is C18H20N2O6. The molecule has 2 atom stereocenters. The second-order valence-electron chi connectivity index (χ2n) is 5.99. The van der Waals surface area contributed by atoms with Crippen LogP contribution in [0.2, 0.25) is 0 Å². The van der Waals surface area contributed by atoms with Crippen molar-refractivity contribution in [1.29, 1.82) is 0 Å². The van der Waals surface area contributed by atoms with Gasteiger partial charge in [-0.1, -0.05) is 24.3 Å². The molecule has 0 saturated carbocycles. The standard InChI is InChI=1S/C18H20N2O6/c21-16(11-25-18(23)12-6-2-1-3-7-12)19-20-17(22)15-10-24-13-8-4-5-9-14(13)26-15/h1-2,4-5,8-9,12,15H,3,6-7,10-11H2,(H,19,21)(H,20,22)/t12-,15+/m0/s1. The van der Waals surface area contributed by atoms with Gasteiger partial charge in [0.2, 0.25) is 6.10 Å². The molecule has 2 N–H and O–H groups in total. The smallest absolute Gasteiger partial charge is 0.309 e. The normalized spacial score (nSPS) is 20.8. The van der Waals surface area contributed by atoms with Crippen LogP contribution in [-0.2, 0) is 19.1 Å². The number of hydrogen-bond donors (Lipinski definition) is 2. The number of esters is 1. The van der Waals surface area contributed by atoms with E-state index in [2.05, 4.69) is 10.9 Å². The van der Waals surface area contributed by atoms with Crippen molar-refractivity contribution in [3.05, 3.63) is 36.4 Å². The third kappa shape index (κ3) is 4.53. The van der Waals surface area contributed by atoms with Crippen molar-refractivity contribution in [3.63, 3.8) is 0 Å². The monoisotopic (exact) mass is 360 g/mol. The highest BCUT2D eigenvalue weighted by Gasteiger charge is 2.27. The number of para-hydroxylation sites is 2. The minimum absolute atomic E-state index is 0.0307. The molecule has 0 aromatic heterocycles. The number of amides is 2. The van der Waals surface area contributed by atoms with Crippen molar-refractivity contribution in [2.45, 2.75) is 25.4 Å². The lowest BCUT2D eigenvalue weighted by Crippen LogP contribution is -2.51. The Kier molecular flexibility index (Phi) is 5.73. The summed E-state index contributed by atoms with van der Waals surface area (Å²) < 4.78 is 15.9. The average molecular weight is 360 g/mol. The molecule has 3 rings (SSSR count). The summed E-state index contributed by atoms with van der Waals surface area (Å²) in [4.78, 5) is 35.6. The van der Waals surface area contributed by atoms with Crippen molar-refractivity contribution in [2.24, 2.45) is 5.92 Å². The zero-order valence-electron chi connectivity index (χ0n) is 14.1. The summed E-state index contributed by atoms with van der Waals surface area (Å²) in [5.74, 6) is -0.788. The minimum Gasteiger partial charge on any atom is -0.485 e. The van der Waals surface area contributed by atoms with Gasteiger partial charge in [-0.05, 0) is 31.4 Å². The van der Waals surface area contributed by atoms with E-state index < -0.39 is 30.5 Å². The fourth-order valence-corrected chi connectivity index (χ4v) is 2.66. The predicted octanol–water partition coefficient (Wildman–Crippen LogP) is 0.873. The van der Waals surface area contributed by atoms with E-state index in [-0.39, 0.29) is 12.5 Å². The molecule has 1 aliphatic carbocycles. The molecule has 0 saturated heterocycles. The van der Waals surface area contributed by atoms with E-state index in [0.29, 0.717) is 24.3 Å². The maximum Gasteiger partial charge on any atom is 0.309 e. The van der Waals surface area contributed by atoms with Crippen LogP contribution in [0.4, 0.5) is 0 Å².